The van der Waals surface area contributed by atoms with Crippen LogP contribution in [0.25, 0.3) is 0 Å². The van der Waals surface area contributed by atoms with Crippen molar-refractivity contribution in [3.05, 3.63) is 101 Å². The minimum atomic E-state index is -0.448. The van der Waals surface area contributed by atoms with Gasteiger partial charge in [0.15, 0.2) is 0 Å². The van der Waals surface area contributed by atoms with Gasteiger partial charge in [-0.2, -0.15) is 5.10 Å². The Hall–Kier alpha value is -3.64. The summed E-state index contributed by atoms with van der Waals surface area (Å²) in [5, 5.41) is 7.00. The lowest BCUT2D eigenvalue weighted by Gasteiger charge is -2.09. The summed E-state index contributed by atoms with van der Waals surface area (Å²) in [6.45, 7) is 0.222. The van der Waals surface area contributed by atoms with E-state index in [1.807, 2.05) is 54.6 Å². The minimum Gasteiger partial charge on any atom is -0.488 e. The second-order valence-electron chi connectivity index (χ2n) is 6.29. The van der Waals surface area contributed by atoms with Crippen molar-refractivity contribution in [2.75, 3.05) is 6.54 Å². The number of carbonyl (C=O) groups excluding carboxylic acids is 2. The molecule has 0 aliphatic rings. The van der Waals surface area contributed by atoms with Gasteiger partial charge in [-0.15, -0.1) is 0 Å². The van der Waals surface area contributed by atoms with Crippen molar-refractivity contribution in [3.8, 4) is 5.75 Å². The highest BCUT2D eigenvalue weighted by Gasteiger charge is 2.07. The van der Waals surface area contributed by atoms with Gasteiger partial charge in [0, 0.05) is 16.1 Å². The lowest BCUT2D eigenvalue weighted by molar-refractivity contribution is -0.120. The number of hydrogen-bond acceptors (Lipinski definition) is 4. The Morgan fingerprint density at radius 3 is 2.40 bits per heavy atom. The van der Waals surface area contributed by atoms with Gasteiger partial charge in [0.05, 0.1) is 12.8 Å². The molecule has 0 aliphatic heterocycles. The Morgan fingerprint density at radius 2 is 1.63 bits per heavy atom. The zero-order valence-electron chi connectivity index (χ0n) is 16.0. The van der Waals surface area contributed by atoms with Crippen LogP contribution >= 0.6 is 11.6 Å². The first-order valence-electron chi connectivity index (χ1n) is 9.23. The van der Waals surface area contributed by atoms with Gasteiger partial charge in [0.1, 0.15) is 12.4 Å². The van der Waals surface area contributed by atoms with Gasteiger partial charge in [0.25, 0.3) is 11.8 Å². The van der Waals surface area contributed by atoms with Crippen LogP contribution in [0.2, 0.25) is 5.02 Å². The zero-order chi connectivity index (χ0) is 21.2. The fourth-order valence-corrected chi connectivity index (χ4v) is 2.66. The van der Waals surface area contributed by atoms with E-state index in [1.165, 1.54) is 6.21 Å². The second kappa shape index (κ2) is 10.8. The Morgan fingerprint density at radius 1 is 0.933 bits per heavy atom. The maximum Gasteiger partial charge on any atom is 0.259 e. The molecule has 3 aromatic rings. The summed E-state index contributed by atoms with van der Waals surface area (Å²) >= 11 is 5.79. The highest BCUT2D eigenvalue weighted by molar-refractivity contribution is 6.30. The average molecular weight is 422 g/mol. The summed E-state index contributed by atoms with van der Waals surface area (Å²) in [7, 11) is 0. The number of ether oxygens (including phenoxy) is 1. The van der Waals surface area contributed by atoms with Gasteiger partial charge < -0.3 is 10.1 Å². The number of para-hydroxylation sites is 1. The van der Waals surface area contributed by atoms with Gasteiger partial charge in [0.2, 0.25) is 0 Å². The monoisotopic (exact) mass is 421 g/mol. The molecule has 7 heteroatoms. The van der Waals surface area contributed by atoms with Gasteiger partial charge >= 0.3 is 0 Å². The van der Waals surface area contributed by atoms with Crippen molar-refractivity contribution in [1.82, 2.24) is 10.7 Å². The van der Waals surface area contributed by atoms with E-state index in [-0.39, 0.29) is 12.5 Å². The molecule has 0 heterocycles. The van der Waals surface area contributed by atoms with Crippen LogP contribution in [0.3, 0.4) is 0 Å². The Kier molecular flexibility index (Phi) is 7.58. The van der Waals surface area contributed by atoms with Crippen molar-refractivity contribution < 1.29 is 14.3 Å². The maximum absolute atomic E-state index is 12.0. The van der Waals surface area contributed by atoms with Crippen LogP contribution in [-0.4, -0.2) is 24.6 Å². The van der Waals surface area contributed by atoms with E-state index in [2.05, 4.69) is 15.8 Å². The fraction of sp³-hybridized carbons (Fsp3) is 0.0870. The topological polar surface area (TPSA) is 79.8 Å². The van der Waals surface area contributed by atoms with Crippen LogP contribution in [0.5, 0.6) is 5.75 Å². The molecule has 0 saturated carbocycles. The minimum absolute atomic E-state index is 0.203. The first-order chi connectivity index (χ1) is 14.6. The molecule has 2 amide bonds. The molecular weight excluding hydrogens is 402 g/mol. The molecule has 0 bridgehead atoms. The molecule has 0 saturated heterocycles. The summed E-state index contributed by atoms with van der Waals surface area (Å²) in [5.74, 6) is -0.169. The number of hydrazone groups is 1. The van der Waals surface area contributed by atoms with Gasteiger partial charge in [-0.3, -0.25) is 9.59 Å². The predicted molar refractivity (Wildman–Crippen MR) is 117 cm³/mol. The summed E-state index contributed by atoms with van der Waals surface area (Å²) in [6, 6.07) is 23.6. The second-order valence-corrected chi connectivity index (χ2v) is 6.73. The molecule has 30 heavy (non-hydrogen) atoms. The van der Waals surface area contributed by atoms with Crippen LogP contribution in [0.1, 0.15) is 21.5 Å². The number of amides is 2. The standard InChI is InChI=1S/C23H20ClN3O3/c24-20-12-10-18(11-13-20)23(29)25-15-22(28)27-26-14-19-8-4-5-9-21(19)30-16-17-6-2-1-3-7-17/h1-14H,15-16H2,(H,25,29)(H,27,28)/b26-14+. The Balaban J connectivity index is 1.49. The molecule has 3 rings (SSSR count). The van der Waals surface area contributed by atoms with Crippen molar-refractivity contribution >= 4 is 29.6 Å². The first-order valence-corrected chi connectivity index (χ1v) is 9.61. The summed E-state index contributed by atoms with van der Waals surface area (Å²) in [4.78, 5) is 23.9. The molecule has 0 atom stereocenters. The van der Waals surface area contributed by atoms with E-state index < -0.39 is 5.91 Å². The van der Waals surface area contributed by atoms with E-state index in [4.69, 9.17) is 16.3 Å². The molecule has 0 fully saturated rings. The van der Waals surface area contributed by atoms with Crippen molar-refractivity contribution in [2.24, 2.45) is 5.10 Å². The first kappa shape index (κ1) is 21.1. The number of benzene rings is 3. The van der Waals surface area contributed by atoms with E-state index >= 15 is 0 Å². The highest BCUT2D eigenvalue weighted by Crippen LogP contribution is 2.17. The molecule has 0 unspecified atom stereocenters. The lowest BCUT2D eigenvalue weighted by Crippen LogP contribution is -2.34. The third-order valence-electron chi connectivity index (χ3n) is 4.06. The Bertz CT molecular complexity index is 1020. The van der Waals surface area contributed by atoms with Crippen molar-refractivity contribution in [1.29, 1.82) is 0 Å². The van der Waals surface area contributed by atoms with Crippen LogP contribution in [0, 0.1) is 0 Å². The Labute approximate surface area is 179 Å². The van der Waals surface area contributed by atoms with Crippen LogP contribution < -0.4 is 15.5 Å². The van der Waals surface area contributed by atoms with E-state index in [9.17, 15) is 9.59 Å². The highest BCUT2D eigenvalue weighted by atomic mass is 35.5. The lowest BCUT2D eigenvalue weighted by atomic mass is 10.2. The molecule has 152 valence electrons. The molecule has 3 aromatic carbocycles. The number of rotatable bonds is 8. The van der Waals surface area contributed by atoms with Crippen molar-refractivity contribution in [3.63, 3.8) is 0 Å². The van der Waals surface area contributed by atoms with Crippen LogP contribution in [0.4, 0.5) is 0 Å². The normalized spacial score (nSPS) is 10.6. The molecule has 6 nitrogen and oxygen atoms in total. The molecule has 0 aromatic heterocycles. The third-order valence-corrected chi connectivity index (χ3v) is 4.32. The van der Waals surface area contributed by atoms with Gasteiger partial charge in [-0.1, -0.05) is 54.1 Å². The summed E-state index contributed by atoms with van der Waals surface area (Å²) < 4.78 is 5.85. The molecular formula is C23H20ClN3O3. The predicted octanol–water partition coefficient (Wildman–Crippen LogP) is 3.80. The van der Waals surface area contributed by atoms with Gasteiger partial charge in [-0.05, 0) is 42.0 Å². The average Bonchev–Trinajstić information content (AvgIpc) is 2.78. The molecule has 0 aliphatic carbocycles. The van der Waals surface area contributed by atoms with E-state index in [0.717, 1.165) is 11.1 Å². The SMILES string of the molecule is O=C(CNC(=O)c1ccc(Cl)cc1)N/N=C/c1ccccc1OCc1ccccc1. The quantitative estimate of drug-likeness (QED) is 0.429. The largest absolute Gasteiger partial charge is 0.488 e. The van der Waals surface area contributed by atoms with E-state index in [1.54, 1.807) is 24.3 Å². The smallest absolute Gasteiger partial charge is 0.259 e. The summed E-state index contributed by atoms with van der Waals surface area (Å²) in [5.41, 5.74) is 4.58. The van der Waals surface area contributed by atoms with Crippen LogP contribution in [0.15, 0.2) is 84.0 Å². The zero-order valence-corrected chi connectivity index (χ0v) is 16.8. The van der Waals surface area contributed by atoms with E-state index in [0.29, 0.717) is 22.9 Å². The van der Waals surface area contributed by atoms with Gasteiger partial charge in [-0.25, -0.2) is 5.43 Å². The molecule has 0 radical (unpaired) electrons. The third kappa shape index (κ3) is 6.46. The number of nitrogens with one attached hydrogen (secondary N) is 2. The number of halogens is 1. The van der Waals surface area contributed by atoms with Crippen molar-refractivity contribution in [2.45, 2.75) is 6.61 Å². The van der Waals surface area contributed by atoms with Crippen LogP contribution in [-0.2, 0) is 11.4 Å². The summed E-state index contributed by atoms with van der Waals surface area (Å²) in [6.07, 6.45) is 1.50. The maximum atomic E-state index is 12.0. The molecule has 0 spiro atoms. The number of carbonyl (C=O) groups is 2. The molecule has 2 N–H and O–H groups in total. The number of hydrogen-bond donors (Lipinski definition) is 2. The number of nitrogens with zero attached hydrogens (tertiary/aromatic N) is 1. The fourth-order valence-electron chi connectivity index (χ4n) is 2.53.